The molecule has 1 aliphatic rings. The molecule has 4 rings (SSSR count). The number of benzene rings is 1. The Morgan fingerprint density at radius 1 is 1.27 bits per heavy atom. The van der Waals surface area contributed by atoms with Crippen LogP contribution in [0, 0.1) is 13.8 Å². The molecular weight excluding hydrogens is 332 g/mol. The standard InChI is InChI=1S/C20H22N2O4/c1-12-8-13(2)22(21-12)10-14(23)11-25-15-6-7-17-16-4-3-5-18(16)20(24)26-19(17)9-15/h6-9,14,23H,3-5,10-11H2,1-2H3/t14-/m0/s1. The normalized spacial score (nSPS) is 14.6. The summed E-state index contributed by atoms with van der Waals surface area (Å²) in [7, 11) is 0. The summed E-state index contributed by atoms with van der Waals surface area (Å²) in [4.78, 5) is 12.1. The first-order valence-corrected chi connectivity index (χ1v) is 8.92. The zero-order valence-corrected chi connectivity index (χ0v) is 15.0. The molecule has 0 aliphatic heterocycles. The Morgan fingerprint density at radius 2 is 2.08 bits per heavy atom. The largest absolute Gasteiger partial charge is 0.491 e. The maximum Gasteiger partial charge on any atom is 0.339 e. The van der Waals surface area contributed by atoms with Crippen molar-refractivity contribution in [1.29, 1.82) is 0 Å². The van der Waals surface area contributed by atoms with Crippen LogP contribution in [-0.4, -0.2) is 27.6 Å². The molecular formula is C20H22N2O4. The van der Waals surface area contributed by atoms with Gasteiger partial charge in [-0.25, -0.2) is 4.79 Å². The second-order valence-electron chi connectivity index (χ2n) is 6.93. The number of aryl methyl sites for hydroxylation is 3. The predicted octanol–water partition coefficient (Wildman–Crippen LogP) is 2.53. The fraction of sp³-hybridized carbons (Fsp3) is 0.400. The van der Waals surface area contributed by atoms with Gasteiger partial charge in [-0.1, -0.05) is 0 Å². The first-order chi connectivity index (χ1) is 12.5. The number of rotatable bonds is 5. The van der Waals surface area contributed by atoms with Gasteiger partial charge in [-0.3, -0.25) is 4.68 Å². The minimum Gasteiger partial charge on any atom is -0.491 e. The van der Waals surface area contributed by atoms with Crippen LogP contribution in [0.4, 0.5) is 0 Å². The second-order valence-corrected chi connectivity index (χ2v) is 6.93. The monoisotopic (exact) mass is 354 g/mol. The van der Waals surface area contributed by atoms with Crippen LogP contribution in [0.25, 0.3) is 11.0 Å². The van der Waals surface area contributed by atoms with Crippen molar-refractivity contribution in [3.8, 4) is 5.75 Å². The van der Waals surface area contributed by atoms with Gasteiger partial charge in [0.15, 0.2) is 0 Å². The van der Waals surface area contributed by atoms with Crippen LogP contribution in [-0.2, 0) is 19.4 Å². The quantitative estimate of drug-likeness (QED) is 0.713. The van der Waals surface area contributed by atoms with Crippen molar-refractivity contribution < 1.29 is 14.3 Å². The van der Waals surface area contributed by atoms with Crippen LogP contribution in [0.2, 0.25) is 0 Å². The van der Waals surface area contributed by atoms with Crippen LogP contribution in [0.15, 0.2) is 33.5 Å². The second kappa shape index (κ2) is 6.61. The van der Waals surface area contributed by atoms with E-state index in [4.69, 9.17) is 9.15 Å². The number of aliphatic hydroxyl groups is 1. The van der Waals surface area contributed by atoms with E-state index in [2.05, 4.69) is 5.10 Å². The molecule has 2 aromatic heterocycles. The molecule has 1 aliphatic carbocycles. The van der Waals surface area contributed by atoms with E-state index in [1.165, 1.54) is 0 Å². The van der Waals surface area contributed by atoms with E-state index in [1.54, 1.807) is 10.7 Å². The Hall–Kier alpha value is -2.60. The van der Waals surface area contributed by atoms with Crippen LogP contribution in [0.1, 0.15) is 28.9 Å². The third-order valence-corrected chi connectivity index (χ3v) is 4.87. The smallest absolute Gasteiger partial charge is 0.339 e. The van der Waals surface area contributed by atoms with E-state index in [0.29, 0.717) is 17.9 Å². The lowest BCUT2D eigenvalue weighted by atomic mass is 10.1. The maximum atomic E-state index is 12.1. The Bertz CT molecular complexity index is 1020. The molecule has 6 nitrogen and oxygen atoms in total. The summed E-state index contributed by atoms with van der Waals surface area (Å²) in [6, 6.07) is 7.49. The Labute approximate surface area is 151 Å². The highest BCUT2D eigenvalue weighted by molar-refractivity contribution is 5.83. The number of ether oxygens (including phenoxy) is 1. The Balaban J connectivity index is 1.48. The van der Waals surface area contributed by atoms with Gasteiger partial charge in [0.25, 0.3) is 0 Å². The van der Waals surface area contributed by atoms with Crippen molar-refractivity contribution in [2.24, 2.45) is 0 Å². The SMILES string of the molecule is Cc1cc(C)n(C[C@H](O)COc2ccc3c4c(c(=O)oc3c2)CCC4)n1. The molecule has 0 spiro atoms. The highest BCUT2D eigenvalue weighted by atomic mass is 16.5. The van der Waals surface area contributed by atoms with E-state index in [1.807, 2.05) is 32.0 Å². The van der Waals surface area contributed by atoms with Crippen molar-refractivity contribution in [3.05, 3.63) is 57.2 Å². The topological polar surface area (TPSA) is 77.5 Å². The third kappa shape index (κ3) is 3.12. The average Bonchev–Trinajstić information content (AvgIpc) is 3.20. The molecule has 0 saturated heterocycles. The van der Waals surface area contributed by atoms with Crippen molar-refractivity contribution in [2.45, 2.75) is 45.8 Å². The fourth-order valence-corrected chi connectivity index (χ4v) is 3.66. The van der Waals surface area contributed by atoms with Crippen molar-refractivity contribution >= 4 is 11.0 Å². The first-order valence-electron chi connectivity index (χ1n) is 8.92. The van der Waals surface area contributed by atoms with E-state index >= 15 is 0 Å². The molecule has 0 saturated carbocycles. The zero-order chi connectivity index (χ0) is 18.3. The van der Waals surface area contributed by atoms with E-state index in [-0.39, 0.29) is 12.2 Å². The Kier molecular flexibility index (Phi) is 4.28. The molecule has 0 unspecified atom stereocenters. The van der Waals surface area contributed by atoms with Crippen LogP contribution in [0.3, 0.4) is 0 Å². The molecule has 0 amide bonds. The molecule has 0 radical (unpaired) electrons. The van der Waals surface area contributed by atoms with Gasteiger partial charge >= 0.3 is 5.63 Å². The molecule has 0 fully saturated rings. The summed E-state index contributed by atoms with van der Waals surface area (Å²) >= 11 is 0. The fourth-order valence-electron chi connectivity index (χ4n) is 3.66. The number of fused-ring (bicyclic) bond motifs is 3. The van der Waals surface area contributed by atoms with Gasteiger partial charge in [0, 0.05) is 22.7 Å². The lowest BCUT2D eigenvalue weighted by Gasteiger charge is -2.14. The van der Waals surface area contributed by atoms with Gasteiger partial charge < -0.3 is 14.3 Å². The summed E-state index contributed by atoms with van der Waals surface area (Å²) in [6.45, 7) is 4.39. The number of aromatic nitrogens is 2. The lowest BCUT2D eigenvalue weighted by molar-refractivity contribution is 0.0887. The molecule has 136 valence electrons. The number of hydrogen-bond donors (Lipinski definition) is 1. The van der Waals surface area contributed by atoms with Crippen molar-refractivity contribution in [2.75, 3.05) is 6.61 Å². The summed E-state index contributed by atoms with van der Waals surface area (Å²) in [5.74, 6) is 0.575. The van der Waals surface area contributed by atoms with Gasteiger partial charge in [-0.05, 0) is 56.9 Å². The third-order valence-electron chi connectivity index (χ3n) is 4.87. The van der Waals surface area contributed by atoms with Gasteiger partial charge in [0.05, 0.1) is 12.2 Å². The van der Waals surface area contributed by atoms with Crippen LogP contribution in [0.5, 0.6) is 5.75 Å². The van der Waals surface area contributed by atoms with Crippen molar-refractivity contribution in [3.63, 3.8) is 0 Å². The lowest BCUT2D eigenvalue weighted by Crippen LogP contribution is -2.24. The molecule has 1 atom stereocenters. The predicted molar refractivity (Wildman–Crippen MR) is 97.7 cm³/mol. The molecule has 6 heteroatoms. The Morgan fingerprint density at radius 3 is 2.85 bits per heavy atom. The minimum atomic E-state index is -0.685. The number of nitrogens with zero attached hydrogens (tertiary/aromatic N) is 2. The first kappa shape index (κ1) is 16.8. The minimum absolute atomic E-state index is 0.138. The summed E-state index contributed by atoms with van der Waals surface area (Å²) in [5, 5.41) is 15.5. The summed E-state index contributed by atoms with van der Waals surface area (Å²) < 4.78 is 12.9. The highest BCUT2D eigenvalue weighted by Gasteiger charge is 2.19. The van der Waals surface area contributed by atoms with E-state index in [0.717, 1.165) is 47.2 Å². The van der Waals surface area contributed by atoms with Crippen molar-refractivity contribution in [1.82, 2.24) is 9.78 Å². The summed E-state index contributed by atoms with van der Waals surface area (Å²) in [5.41, 5.74) is 4.14. The zero-order valence-electron chi connectivity index (χ0n) is 15.0. The van der Waals surface area contributed by atoms with Crippen LogP contribution >= 0.6 is 0 Å². The number of aliphatic hydroxyl groups excluding tert-OH is 1. The van der Waals surface area contributed by atoms with E-state index < -0.39 is 6.10 Å². The molecule has 26 heavy (non-hydrogen) atoms. The molecule has 1 N–H and O–H groups in total. The average molecular weight is 354 g/mol. The highest BCUT2D eigenvalue weighted by Crippen LogP contribution is 2.29. The van der Waals surface area contributed by atoms with Crippen LogP contribution < -0.4 is 10.4 Å². The van der Waals surface area contributed by atoms with Gasteiger partial charge in [-0.2, -0.15) is 5.10 Å². The number of hydrogen-bond acceptors (Lipinski definition) is 5. The van der Waals surface area contributed by atoms with Gasteiger partial charge in [0.1, 0.15) is 24.0 Å². The maximum absolute atomic E-state index is 12.1. The molecule has 0 bridgehead atoms. The molecule has 2 heterocycles. The van der Waals surface area contributed by atoms with Gasteiger partial charge in [-0.15, -0.1) is 0 Å². The molecule has 1 aromatic carbocycles. The molecule has 3 aromatic rings. The van der Waals surface area contributed by atoms with Gasteiger partial charge in [0.2, 0.25) is 0 Å². The summed E-state index contributed by atoms with van der Waals surface area (Å²) in [6.07, 6.45) is 2.02. The van der Waals surface area contributed by atoms with E-state index in [9.17, 15) is 9.90 Å².